The van der Waals surface area contributed by atoms with E-state index in [9.17, 15) is 14.3 Å². The molecule has 2 aromatic rings. The Bertz CT molecular complexity index is 950. The number of hydrogen-bond acceptors (Lipinski definition) is 5. The van der Waals surface area contributed by atoms with Crippen molar-refractivity contribution in [1.82, 2.24) is 4.90 Å². The number of carbonyl (C=O) groups excluding carboxylic acids is 1. The Hall–Kier alpha value is -2.58. The molecule has 1 fully saturated rings. The van der Waals surface area contributed by atoms with Gasteiger partial charge in [-0.3, -0.25) is 4.90 Å². The number of rotatable bonds is 4. The molecule has 0 saturated heterocycles. The summed E-state index contributed by atoms with van der Waals surface area (Å²) in [4.78, 5) is 14.4. The van der Waals surface area contributed by atoms with Gasteiger partial charge in [-0.1, -0.05) is 0 Å². The Labute approximate surface area is 172 Å². The van der Waals surface area contributed by atoms with Crippen LogP contribution in [0.15, 0.2) is 35.3 Å². The van der Waals surface area contributed by atoms with Gasteiger partial charge in [-0.15, -0.1) is 11.3 Å². The molecule has 1 aromatic heterocycles. The van der Waals surface area contributed by atoms with Crippen molar-refractivity contribution < 1.29 is 19.0 Å². The molecule has 0 bridgehead atoms. The lowest BCUT2D eigenvalue weighted by molar-refractivity contribution is 0.0668. The summed E-state index contributed by atoms with van der Waals surface area (Å²) in [6.45, 7) is 2.27. The van der Waals surface area contributed by atoms with E-state index >= 15 is 0 Å². The number of benzene rings is 1. The highest BCUT2D eigenvalue weighted by atomic mass is 32.1. The first-order chi connectivity index (χ1) is 13.9. The largest absolute Gasteiger partial charge is 0.488 e. The summed E-state index contributed by atoms with van der Waals surface area (Å²) in [5.74, 6) is 0.0328. The van der Waals surface area contributed by atoms with Crippen LogP contribution in [0.2, 0.25) is 0 Å². The van der Waals surface area contributed by atoms with Crippen molar-refractivity contribution in [2.75, 3.05) is 5.32 Å². The molecule has 1 aromatic carbocycles. The molecule has 2 amide bonds. The first-order valence-electron chi connectivity index (χ1n) is 9.68. The van der Waals surface area contributed by atoms with Crippen LogP contribution in [0.4, 0.5) is 14.9 Å². The predicted molar refractivity (Wildman–Crippen MR) is 111 cm³/mol. The number of nitrogens with zero attached hydrogens (tertiary/aromatic N) is 1. The fourth-order valence-electron chi connectivity index (χ4n) is 3.85. The van der Waals surface area contributed by atoms with Crippen molar-refractivity contribution in [1.29, 1.82) is 0 Å². The number of nitrogens with one attached hydrogen (secondary N) is 1. The summed E-state index contributed by atoms with van der Waals surface area (Å²) in [5.41, 5.74) is 8.64. The minimum atomic E-state index is -0.516. The molecule has 2 aliphatic rings. The number of fused-ring (bicyclic) bond motifs is 1. The number of thiophene rings is 1. The maximum atomic E-state index is 13.9. The molecule has 4 N–H and O–H groups in total. The van der Waals surface area contributed by atoms with Crippen LogP contribution >= 0.6 is 11.3 Å². The average molecular weight is 418 g/mol. The molecule has 1 aliphatic heterocycles. The van der Waals surface area contributed by atoms with Gasteiger partial charge >= 0.3 is 6.03 Å². The zero-order valence-electron chi connectivity index (χ0n) is 16.2. The topological polar surface area (TPSA) is 87.8 Å². The van der Waals surface area contributed by atoms with Crippen LogP contribution in [0.1, 0.15) is 43.0 Å². The molecule has 154 valence electrons. The first-order valence-corrected chi connectivity index (χ1v) is 10.6. The number of aliphatic hydroxyl groups excluding tert-OH is 1. The van der Waals surface area contributed by atoms with Crippen molar-refractivity contribution in [2.45, 2.75) is 51.4 Å². The number of primary amides is 1. The number of urea groups is 1. The Morgan fingerprint density at radius 1 is 1.31 bits per heavy atom. The van der Waals surface area contributed by atoms with Crippen molar-refractivity contribution in [3.05, 3.63) is 51.6 Å². The van der Waals surface area contributed by atoms with Crippen LogP contribution in [-0.2, 0) is 6.54 Å². The molecule has 0 spiro atoms. The monoisotopic (exact) mass is 417 g/mol. The van der Waals surface area contributed by atoms with E-state index in [0.717, 1.165) is 29.0 Å². The van der Waals surface area contributed by atoms with Gasteiger partial charge in [-0.25, -0.2) is 9.18 Å². The number of halogens is 1. The number of allylic oxidation sites excluding steroid dienone is 1. The molecule has 29 heavy (non-hydrogen) atoms. The second kappa shape index (κ2) is 8.04. The van der Waals surface area contributed by atoms with Crippen molar-refractivity contribution >= 4 is 28.8 Å². The highest BCUT2D eigenvalue weighted by molar-refractivity contribution is 7.10. The lowest BCUT2D eigenvalue weighted by Gasteiger charge is -2.30. The first kappa shape index (κ1) is 19.7. The Kier molecular flexibility index (Phi) is 5.47. The maximum absolute atomic E-state index is 13.9. The van der Waals surface area contributed by atoms with Gasteiger partial charge in [0.15, 0.2) is 0 Å². The van der Waals surface area contributed by atoms with E-state index in [-0.39, 0.29) is 18.0 Å². The van der Waals surface area contributed by atoms with Crippen LogP contribution < -0.4 is 15.8 Å². The third-order valence-electron chi connectivity index (χ3n) is 5.49. The van der Waals surface area contributed by atoms with Crippen LogP contribution in [0.25, 0.3) is 5.70 Å². The molecule has 0 atom stereocenters. The van der Waals surface area contributed by atoms with Crippen molar-refractivity contribution in [2.24, 2.45) is 5.73 Å². The normalized spacial score (nSPS) is 21.7. The second-order valence-electron chi connectivity index (χ2n) is 7.46. The predicted octanol–water partition coefficient (Wildman–Crippen LogP) is 4.26. The lowest BCUT2D eigenvalue weighted by Crippen LogP contribution is -2.36. The minimum absolute atomic E-state index is 0.0685. The molecular formula is C21H24FN3O3S. The molecule has 1 saturated carbocycles. The Balaban J connectivity index is 1.65. The minimum Gasteiger partial charge on any atom is -0.488 e. The summed E-state index contributed by atoms with van der Waals surface area (Å²) in [6.07, 6.45) is 2.46. The number of ether oxygens (including phenoxy) is 1. The summed E-state index contributed by atoms with van der Waals surface area (Å²) >= 11 is 1.56. The molecule has 4 rings (SSSR count). The van der Waals surface area contributed by atoms with Gasteiger partial charge in [0, 0.05) is 22.2 Å². The van der Waals surface area contributed by atoms with E-state index in [4.69, 9.17) is 10.5 Å². The SMILES string of the molecule is CC1=C(Nc2ccc(F)cc2OC2CCC(O)CC2)c2ccsc2CN1C(N)=O. The zero-order valence-corrected chi connectivity index (χ0v) is 17.0. The van der Waals surface area contributed by atoms with Crippen LogP contribution in [-0.4, -0.2) is 28.2 Å². The molecule has 8 heteroatoms. The highest BCUT2D eigenvalue weighted by Gasteiger charge is 2.27. The van der Waals surface area contributed by atoms with Gasteiger partial charge in [0.2, 0.25) is 0 Å². The fourth-order valence-corrected chi connectivity index (χ4v) is 4.72. The van der Waals surface area contributed by atoms with E-state index in [2.05, 4.69) is 5.32 Å². The van der Waals surface area contributed by atoms with E-state index in [1.807, 2.05) is 18.4 Å². The number of nitrogens with two attached hydrogens (primary N) is 1. The van der Waals surface area contributed by atoms with Gasteiger partial charge in [0.05, 0.1) is 30.1 Å². The van der Waals surface area contributed by atoms with E-state index in [1.165, 1.54) is 17.0 Å². The zero-order chi connectivity index (χ0) is 20.5. The van der Waals surface area contributed by atoms with Crippen LogP contribution in [0.3, 0.4) is 0 Å². The third kappa shape index (κ3) is 4.09. The summed E-state index contributed by atoms with van der Waals surface area (Å²) < 4.78 is 20.0. The van der Waals surface area contributed by atoms with Crippen LogP contribution in [0.5, 0.6) is 5.75 Å². The molecule has 6 nitrogen and oxygen atoms in total. The molecule has 0 unspecified atom stereocenters. The summed E-state index contributed by atoms with van der Waals surface area (Å²) in [5, 5.41) is 15.0. The van der Waals surface area contributed by atoms with E-state index in [1.54, 1.807) is 17.4 Å². The van der Waals surface area contributed by atoms with Crippen molar-refractivity contribution in [3.8, 4) is 5.75 Å². The highest BCUT2D eigenvalue weighted by Crippen LogP contribution is 2.38. The number of hydrogen-bond donors (Lipinski definition) is 3. The molecular weight excluding hydrogens is 393 g/mol. The van der Waals surface area contributed by atoms with E-state index < -0.39 is 6.03 Å². The van der Waals surface area contributed by atoms with E-state index in [0.29, 0.717) is 36.5 Å². The number of amides is 2. The molecule has 0 radical (unpaired) electrons. The van der Waals surface area contributed by atoms with Gasteiger partial charge < -0.3 is 20.9 Å². The number of carbonyl (C=O) groups is 1. The quantitative estimate of drug-likeness (QED) is 0.693. The van der Waals surface area contributed by atoms with Gasteiger partial charge in [0.1, 0.15) is 11.6 Å². The molecule has 2 heterocycles. The maximum Gasteiger partial charge on any atom is 0.319 e. The number of aliphatic hydroxyl groups is 1. The van der Waals surface area contributed by atoms with Gasteiger partial charge in [-0.2, -0.15) is 0 Å². The second-order valence-corrected chi connectivity index (χ2v) is 8.46. The summed E-state index contributed by atoms with van der Waals surface area (Å²) in [6, 6.07) is 5.86. The fraction of sp³-hybridized carbons (Fsp3) is 0.381. The summed E-state index contributed by atoms with van der Waals surface area (Å²) in [7, 11) is 0. The van der Waals surface area contributed by atoms with Crippen molar-refractivity contribution in [3.63, 3.8) is 0 Å². The average Bonchev–Trinajstić information content (AvgIpc) is 3.15. The smallest absolute Gasteiger partial charge is 0.319 e. The van der Waals surface area contributed by atoms with Crippen LogP contribution in [0, 0.1) is 5.82 Å². The molecule has 1 aliphatic carbocycles. The Morgan fingerprint density at radius 3 is 2.79 bits per heavy atom. The Morgan fingerprint density at radius 2 is 2.07 bits per heavy atom. The lowest BCUT2D eigenvalue weighted by atomic mass is 9.95. The standard InChI is InChI=1S/C21H24FN3O3S/c1-12-20(16-8-9-29-19(16)11-25(12)21(23)27)24-17-7-2-13(22)10-18(17)28-15-5-3-14(26)4-6-15/h2,7-10,14-15,24,26H,3-6,11H2,1H3,(H2,23,27). The number of anilines is 1. The van der Waals surface area contributed by atoms with Gasteiger partial charge in [0.25, 0.3) is 0 Å². The van der Waals surface area contributed by atoms with Gasteiger partial charge in [-0.05, 0) is 56.2 Å². The third-order valence-corrected chi connectivity index (χ3v) is 6.40.